The summed E-state index contributed by atoms with van der Waals surface area (Å²) in [4.78, 5) is 26.6. The number of ketones is 1. The lowest BCUT2D eigenvalue weighted by atomic mass is 10.0. The average Bonchev–Trinajstić information content (AvgIpc) is 2.29. The first-order valence-electron chi connectivity index (χ1n) is 4.66. The van der Waals surface area contributed by atoms with E-state index in [9.17, 15) is 9.59 Å². The van der Waals surface area contributed by atoms with Gasteiger partial charge in [-0.05, 0) is 12.1 Å². The van der Waals surface area contributed by atoms with Crippen LogP contribution < -0.4 is 0 Å². The fourth-order valence-electron chi connectivity index (χ4n) is 1.21. The van der Waals surface area contributed by atoms with Gasteiger partial charge in [-0.1, -0.05) is 6.92 Å². The van der Waals surface area contributed by atoms with Crippen LogP contribution in [-0.2, 0) is 9.53 Å². The van der Waals surface area contributed by atoms with Gasteiger partial charge in [-0.15, -0.1) is 0 Å². The molecule has 0 amide bonds. The van der Waals surface area contributed by atoms with Crippen molar-refractivity contribution in [2.75, 3.05) is 7.11 Å². The molecule has 1 unspecified atom stereocenters. The van der Waals surface area contributed by atoms with E-state index in [1.807, 2.05) is 0 Å². The summed E-state index contributed by atoms with van der Waals surface area (Å²) in [6.45, 7) is 1.67. The van der Waals surface area contributed by atoms with Gasteiger partial charge in [-0.2, -0.15) is 0 Å². The van der Waals surface area contributed by atoms with E-state index in [0.717, 1.165) is 0 Å². The highest BCUT2D eigenvalue weighted by atomic mass is 16.5. The third-order valence-electron chi connectivity index (χ3n) is 2.08. The summed E-state index contributed by atoms with van der Waals surface area (Å²) in [6.07, 6.45) is 3.24. The zero-order valence-corrected chi connectivity index (χ0v) is 8.77. The Hall–Kier alpha value is -1.71. The van der Waals surface area contributed by atoms with Crippen LogP contribution >= 0.6 is 0 Å². The molecule has 15 heavy (non-hydrogen) atoms. The highest BCUT2D eigenvalue weighted by Crippen LogP contribution is 2.09. The molecule has 0 aliphatic heterocycles. The van der Waals surface area contributed by atoms with Gasteiger partial charge in [0.15, 0.2) is 5.78 Å². The molecule has 0 N–H and O–H groups in total. The number of esters is 1. The van der Waals surface area contributed by atoms with Crippen LogP contribution in [0.5, 0.6) is 0 Å². The Morgan fingerprint density at radius 3 is 2.80 bits per heavy atom. The number of rotatable bonds is 4. The maximum absolute atomic E-state index is 11.6. The molecule has 0 aromatic carbocycles. The molecule has 1 aromatic heterocycles. The maximum Gasteiger partial charge on any atom is 0.308 e. The molecule has 0 saturated carbocycles. The maximum atomic E-state index is 11.6. The van der Waals surface area contributed by atoms with Gasteiger partial charge in [-0.3, -0.25) is 14.6 Å². The lowest BCUT2D eigenvalue weighted by Crippen LogP contribution is -2.16. The van der Waals surface area contributed by atoms with Crippen molar-refractivity contribution in [1.82, 2.24) is 4.98 Å². The molecule has 1 aromatic rings. The molecule has 0 radical (unpaired) electrons. The van der Waals surface area contributed by atoms with Crippen LogP contribution in [0.15, 0.2) is 24.5 Å². The fourth-order valence-corrected chi connectivity index (χ4v) is 1.21. The molecule has 4 heteroatoms. The fraction of sp³-hybridized carbons (Fsp3) is 0.364. The number of pyridine rings is 1. The molecular weight excluding hydrogens is 194 g/mol. The van der Waals surface area contributed by atoms with Gasteiger partial charge in [0.1, 0.15) is 0 Å². The van der Waals surface area contributed by atoms with Gasteiger partial charge < -0.3 is 4.74 Å². The summed E-state index contributed by atoms with van der Waals surface area (Å²) in [5.74, 6) is -0.879. The monoisotopic (exact) mass is 207 g/mol. The van der Waals surface area contributed by atoms with Crippen LogP contribution in [0.3, 0.4) is 0 Å². The van der Waals surface area contributed by atoms with Gasteiger partial charge in [0.25, 0.3) is 0 Å². The van der Waals surface area contributed by atoms with Crippen LogP contribution in [0.1, 0.15) is 23.7 Å². The van der Waals surface area contributed by atoms with Crippen LogP contribution in [-0.4, -0.2) is 23.8 Å². The molecule has 0 bridgehead atoms. The molecule has 0 aliphatic carbocycles. The third kappa shape index (κ3) is 3.16. The van der Waals surface area contributed by atoms with Crippen molar-refractivity contribution in [2.45, 2.75) is 13.3 Å². The minimum absolute atomic E-state index is 0.0963. The minimum Gasteiger partial charge on any atom is -0.469 e. The smallest absolute Gasteiger partial charge is 0.308 e. The number of nitrogens with zero attached hydrogens (tertiary/aromatic N) is 1. The molecule has 1 heterocycles. The average molecular weight is 207 g/mol. The van der Waals surface area contributed by atoms with Crippen molar-refractivity contribution < 1.29 is 14.3 Å². The summed E-state index contributed by atoms with van der Waals surface area (Å²) in [7, 11) is 1.31. The number of carbonyl (C=O) groups excluding carboxylic acids is 2. The van der Waals surface area contributed by atoms with E-state index in [1.165, 1.54) is 13.3 Å². The molecule has 0 aliphatic rings. The van der Waals surface area contributed by atoms with E-state index in [4.69, 9.17) is 0 Å². The highest BCUT2D eigenvalue weighted by molar-refractivity contribution is 5.97. The molecule has 1 atom stereocenters. The summed E-state index contributed by atoms with van der Waals surface area (Å²) < 4.78 is 4.54. The Labute approximate surface area is 88.3 Å². The Morgan fingerprint density at radius 1 is 1.53 bits per heavy atom. The van der Waals surface area contributed by atoms with Crippen LogP contribution in [0.2, 0.25) is 0 Å². The topological polar surface area (TPSA) is 56.3 Å². The van der Waals surface area contributed by atoms with E-state index in [2.05, 4.69) is 9.72 Å². The third-order valence-corrected chi connectivity index (χ3v) is 2.08. The van der Waals surface area contributed by atoms with E-state index in [-0.39, 0.29) is 18.2 Å². The summed E-state index contributed by atoms with van der Waals surface area (Å²) in [5, 5.41) is 0. The number of ether oxygens (including phenoxy) is 1. The van der Waals surface area contributed by atoms with Gasteiger partial charge >= 0.3 is 5.97 Å². The van der Waals surface area contributed by atoms with Gasteiger partial charge in [0, 0.05) is 24.4 Å². The Balaban J connectivity index is 2.61. The summed E-state index contributed by atoms with van der Waals surface area (Å²) >= 11 is 0. The van der Waals surface area contributed by atoms with Crippen molar-refractivity contribution in [3.63, 3.8) is 0 Å². The Bertz CT molecular complexity index is 348. The lowest BCUT2D eigenvalue weighted by Gasteiger charge is -2.07. The molecule has 0 fully saturated rings. The number of Topliss-reactive ketones (excluding diaryl/α,β-unsaturated/α-hetero) is 1. The molecule has 1 rings (SSSR count). The first-order chi connectivity index (χ1) is 7.15. The molecule has 80 valence electrons. The second-order valence-electron chi connectivity index (χ2n) is 3.29. The van der Waals surface area contributed by atoms with Crippen LogP contribution in [0.4, 0.5) is 0 Å². The van der Waals surface area contributed by atoms with Crippen molar-refractivity contribution in [3.05, 3.63) is 30.1 Å². The van der Waals surface area contributed by atoms with E-state index >= 15 is 0 Å². The van der Waals surface area contributed by atoms with Gasteiger partial charge in [0.05, 0.1) is 13.0 Å². The van der Waals surface area contributed by atoms with Gasteiger partial charge in [0.2, 0.25) is 0 Å². The van der Waals surface area contributed by atoms with Crippen molar-refractivity contribution in [2.24, 2.45) is 5.92 Å². The standard InChI is InChI=1S/C11H13NO3/c1-8(11(14)15-2)6-10(13)9-4-3-5-12-7-9/h3-5,7-8H,6H2,1-2H3. The predicted octanol–water partition coefficient (Wildman–Crippen LogP) is 1.46. The van der Waals surface area contributed by atoms with E-state index in [1.54, 1.807) is 25.3 Å². The zero-order chi connectivity index (χ0) is 11.3. The number of aromatic nitrogens is 1. The SMILES string of the molecule is COC(=O)C(C)CC(=O)c1cccnc1. The van der Waals surface area contributed by atoms with Gasteiger partial charge in [-0.25, -0.2) is 0 Å². The van der Waals surface area contributed by atoms with Crippen LogP contribution in [0.25, 0.3) is 0 Å². The lowest BCUT2D eigenvalue weighted by molar-refractivity contribution is -0.144. The predicted molar refractivity (Wildman–Crippen MR) is 54.4 cm³/mol. The van der Waals surface area contributed by atoms with E-state index < -0.39 is 5.92 Å². The molecule has 4 nitrogen and oxygen atoms in total. The highest BCUT2D eigenvalue weighted by Gasteiger charge is 2.18. The Morgan fingerprint density at radius 2 is 2.27 bits per heavy atom. The van der Waals surface area contributed by atoms with E-state index in [0.29, 0.717) is 5.56 Å². The number of carbonyl (C=O) groups is 2. The second-order valence-corrected chi connectivity index (χ2v) is 3.29. The number of hydrogen-bond donors (Lipinski definition) is 0. The molecular formula is C11H13NO3. The summed E-state index contributed by atoms with van der Waals surface area (Å²) in [5.41, 5.74) is 0.522. The first kappa shape index (κ1) is 11.4. The normalized spacial score (nSPS) is 11.9. The van der Waals surface area contributed by atoms with Crippen molar-refractivity contribution in [1.29, 1.82) is 0 Å². The Kier molecular flexibility index (Phi) is 3.97. The van der Waals surface area contributed by atoms with Crippen LogP contribution in [0, 0.1) is 5.92 Å². The minimum atomic E-state index is -0.414. The first-order valence-corrected chi connectivity index (χ1v) is 4.66. The molecule has 0 saturated heterocycles. The zero-order valence-electron chi connectivity index (χ0n) is 8.77. The van der Waals surface area contributed by atoms with Crippen molar-refractivity contribution >= 4 is 11.8 Å². The second kappa shape index (κ2) is 5.24. The van der Waals surface area contributed by atoms with Crippen molar-refractivity contribution in [3.8, 4) is 0 Å². The largest absolute Gasteiger partial charge is 0.469 e. The quantitative estimate of drug-likeness (QED) is 0.554. The number of methoxy groups -OCH3 is 1. The number of hydrogen-bond acceptors (Lipinski definition) is 4. The summed E-state index contributed by atoms with van der Waals surface area (Å²) in [6, 6.07) is 3.37. The molecule has 0 spiro atoms.